The molecule has 0 aromatic heterocycles. The van der Waals surface area contributed by atoms with E-state index in [1.54, 1.807) is 0 Å². The van der Waals surface area contributed by atoms with Gasteiger partial charge in [-0.2, -0.15) is 0 Å². The fraction of sp³-hybridized carbons (Fsp3) is 0.176. The van der Waals surface area contributed by atoms with E-state index in [2.05, 4.69) is 0 Å². The zero-order valence-corrected chi connectivity index (χ0v) is 17.5. The third kappa shape index (κ3) is 4.60. The minimum absolute atomic E-state index is 0.0979. The molecule has 0 saturated heterocycles. The fourth-order valence-electron chi connectivity index (χ4n) is 2.69. The number of ether oxygens (including phenoxy) is 1. The number of sulfonamides is 1. The van der Waals surface area contributed by atoms with Gasteiger partial charge in [0.2, 0.25) is 10.0 Å². The molecule has 6 nitrogen and oxygen atoms in total. The van der Waals surface area contributed by atoms with Crippen molar-refractivity contribution < 1.29 is 26.0 Å². The number of nitrogens with zero attached hydrogens (tertiary/aromatic N) is 1. The number of anilines is 1. The smallest absolute Gasteiger partial charge is 0.249 e. The molecule has 0 bridgehead atoms. The van der Waals surface area contributed by atoms with Crippen molar-refractivity contribution in [3.8, 4) is 5.75 Å². The van der Waals surface area contributed by atoms with Gasteiger partial charge in [-0.05, 0) is 42.5 Å². The molecule has 0 unspecified atom stereocenters. The average Bonchev–Trinajstić information content (AvgIpc) is 2.54. The largest absolute Gasteiger partial charge is 0.457 e. The molecule has 11 heteroatoms. The van der Waals surface area contributed by atoms with Crippen molar-refractivity contribution in [2.45, 2.75) is 0 Å². The predicted molar refractivity (Wildman–Crippen MR) is 107 cm³/mol. The molecule has 1 aliphatic heterocycles. The molecule has 0 saturated carbocycles. The number of sulfone groups is 1. The summed E-state index contributed by atoms with van der Waals surface area (Å²) in [6, 6.07) is 8.02. The van der Waals surface area contributed by atoms with Crippen LogP contribution in [0.3, 0.4) is 0 Å². The number of fused-ring (bicyclic) bond motifs is 1. The highest BCUT2D eigenvalue weighted by atomic mass is 35.5. The number of halogens is 3. The topological polar surface area (TPSA) is 80.8 Å². The molecular formula is C17H14Cl2FNO5S2. The highest BCUT2D eigenvalue weighted by Gasteiger charge is 2.33. The van der Waals surface area contributed by atoms with E-state index < -0.39 is 30.8 Å². The lowest BCUT2D eigenvalue weighted by atomic mass is 10.1. The van der Waals surface area contributed by atoms with Crippen molar-refractivity contribution in [1.29, 1.82) is 0 Å². The van der Waals surface area contributed by atoms with Crippen molar-refractivity contribution in [3.05, 3.63) is 63.9 Å². The zero-order chi connectivity index (χ0) is 20.7. The van der Waals surface area contributed by atoms with Crippen LogP contribution in [0.4, 0.5) is 10.1 Å². The highest BCUT2D eigenvalue weighted by Crippen LogP contribution is 2.41. The zero-order valence-electron chi connectivity index (χ0n) is 14.4. The number of rotatable bonds is 5. The molecule has 150 valence electrons. The van der Waals surface area contributed by atoms with Crippen LogP contribution in [0.1, 0.15) is 5.56 Å². The third-order valence-electron chi connectivity index (χ3n) is 3.73. The van der Waals surface area contributed by atoms with Gasteiger partial charge in [-0.3, -0.25) is 4.31 Å². The molecular weight excluding hydrogens is 452 g/mol. The molecule has 1 aliphatic rings. The molecule has 28 heavy (non-hydrogen) atoms. The van der Waals surface area contributed by atoms with E-state index >= 15 is 0 Å². The molecule has 0 N–H and O–H groups in total. The first-order valence-electron chi connectivity index (χ1n) is 7.77. The molecule has 0 atom stereocenters. The van der Waals surface area contributed by atoms with Crippen LogP contribution in [0, 0.1) is 5.82 Å². The Kier molecular flexibility index (Phi) is 5.64. The maximum Gasteiger partial charge on any atom is 0.249 e. The maximum absolute atomic E-state index is 13.1. The van der Waals surface area contributed by atoms with E-state index in [1.807, 2.05) is 0 Å². The van der Waals surface area contributed by atoms with Crippen LogP contribution in [0.2, 0.25) is 10.0 Å². The van der Waals surface area contributed by atoms with Crippen LogP contribution in [0.5, 0.6) is 5.75 Å². The lowest BCUT2D eigenvalue weighted by molar-refractivity contribution is 0.509. The molecule has 0 aliphatic carbocycles. The summed E-state index contributed by atoms with van der Waals surface area (Å²) in [6.07, 6.45) is 2.28. The van der Waals surface area contributed by atoms with Crippen molar-refractivity contribution >= 4 is 54.5 Å². The summed E-state index contributed by atoms with van der Waals surface area (Å²) in [6.45, 7) is -0.182. The number of hydrogen-bond donors (Lipinski definition) is 0. The summed E-state index contributed by atoms with van der Waals surface area (Å²) in [5, 5.41) is -0.771. The normalized spacial score (nSPS) is 14.4. The quantitative estimate of drug-likeness (QED) is 0.672. The second-order valence-corrected chi connectivity index (χ2v) is 11.3. The first-order valence-corrected chi connectivity index (χ1v) is 12.2. The number of benzene rings is 2. The first kappa shape index (κ1) is 20.9. The molecule has 2 aromatic rings. The SMILES string of the molecule is CS(=O)(=O)CS(=O)(=O)N1CC=C(Oc2ccc(F)cc2)c2c(Cl)cc(Cl)cc21. The van der Waals surface area contributed by atoms with Gasteiger partial charge >= 0.3 is 0 Å². The van der Waals surface area contributed by atoms with Gasteiger partial charge in [-0.15, -0.1) is 0 Å². The minimum Gasteiger partial charge on any atom is -0.457 e. The molecule has 0 amide bonds. The van der Waals surface area contributed by atoms with Gasteiger partial charge in [-0.25, -0.2) is 21.2 Å². The Hall–Kier alpha value is -1.81. The molecule has 3 rings (SSSR count). The van der Waals surface area contributed by atoms with E-state index in [1.165, 1.54) is 42.5 Å². The van der Waals surface area contributed by atoms with Crippen LogP contribution < -0.4 is 9.04 Å². The van der Waals surface area contributed by atoms with Gasteiger partial charge < -0.3 is 4.74 Å². The summed E-state index contributed by atoms with van der Waals surface area (Å²) in [7, 11) is -8.01. The number of hydrogen-bond acceptors (Lipinski definition) is 5. The molecule has 0 fully saturated rings. The van der Waals surface area contributed by atoms with Gasteiger partial charge in [-0.1, -0.05) is 23.2 Å². The summed E-state index contributed by atoms with van der Waals surface area (Å²) >= 11 is 12.3. The fourth-order valence-corrected chi connectivity index (χ4v) is 6.68. The van der Waals surface area contributed by atoms with Crippen LogP contribution in [-0.4, -0.2) is 34.7 Å². The maximum atomic E-state index is 13.1. The van der Waals surface area contributed by atoms with E-state index in [9.17, 15) is 21.2 Å². The summed E-state index contributed by atoms with van der Waals surface area (Å²) < 4.78 is 68.1. The summed E-state index contributed by atoms with van der Waals surface area (Å²) in [5.74, 6) is 0.124. The second kappa shape index (κ2) is 7.55. The second-order valence-electron chi connectivity index (χ2n) is 6.09. The Morgan fingerprint density at radius 2 is 1.75 bits per heavy atom. The molecule has 2 aromatic carbocycles. The van der Waals surface area contributed by atoms with Gasteiger partial charge in [0, 0.05) is 11.3 Å². The monoisotopic (exact) mass is 465 g/mol. The molecule has 1 heterocycles. The van der Waals surface area contributed by atoms with Crippen molar-refractivity contribution in [3.63, 3.8) is 0 Å². The lowest BCUT2D eigenvalue weighted by Gasteiger charge is -2.30. The molecule has 0 spiro atoms. The Labute approximate surface area is 172 Å². The van der Waals surface area contributed by atoms with Crippen LogP contribution in [0.25, 0.3) is 5.76 Å². The Bertz CT molecular complexity index is 1160. The van der Waals surface area contributed by atoms with Crippen molar-refractivity contribution in [2.75, 3.05) is 22.2 Å². The Balaban J connectivity index is 2.07. The minimum atomic E-state index is -4.21. The van der Waals surface area contributed by atoms with E-state index in [4.69, 9.17) is 27.9 Å². The van der Waals surface area contributed by atoms with Gasteiger partial charge in [0.25, 0.3) is 0 Å². The first-order chi connectivity index (χ1) is 13.0. The summed E-state index contributed by atoms with van der Waals surface area (Å²) in [4.78, 5) is 0. The third-order valence-corrected chi connectivity index (χ3v) is 8.17. The Morgan fingerprint density at radius 1 is 1.11 bits per heavy atom. The summed E-state index contributed by atoms with van der Waals surface area (Å²) in [5.41, 5.74) is 0.333. The van der Waals surface area contributed by atoms with Crippen LogP contribution >= 0.6 is 23.2 Å². The van der Waals surface area contributed by atoms with Crippen molar-refractivity contribution in [2.24, 2.45) is 0 Å². The Morgan fingerprint density at radius 3 is 2.36 bits per heavy atom. The van der Waals surface area contributed by atoms with E-state index in [0.717, 1.165) is 10.6 Å². The predicted octanol–water partition coefficient (Wildman–Crippen LogP) is 3.70. The lowest BCUT2D eigenvalue weighted by Crippen LogP contribution is -2.38. The standard InChI is InChI=1S/C17H14Cl2FNO5S2/c1-27(22,23)10-28(24,25)21-7-6-16(26-13-4-2-12(20)3-5-13)17-14(19)8-11(18)9-15(17)21/h2-6,8-9H,7,10H2,1H3. The van der Waals surface area contributed by atoms with E-state index in [0.29, 0.717) is 5.75 Å². The average molecular weight is 466 g/mol. The van der Waals surface area contributed by atoms with Gasteiger partial charge in [0.1, 0.15) is 17.3 Å². The van der Waals surface area contributed by atoms with Crippen molar-refractivity contribution in [1.82, 2.24) is 0 Å². The van der Waals surface area contributed by atoms with Crippen LogP contribution in [-0.2, 0) is 19.9 Å². The van der Waals surface area contributed by atoms with Gasteiger partial charge in [0.05, 0.1) is 22.8 Å². The van der Waals surface area contributed by atoms with Crippen LogP contribution in [0.15, 0.2) is 42.5 Å². The molecule has 0 radical (unpaired) electrons. The van der Waals surface area contributed by atoms with Gasteiger partial charge in [0.15, 0.2) is 14.9 Å². The van der Waals surface area contributed by atoms with E-state index in [-0.39, 0.29) is 33.6 Å². The highest BCUT2D eigenvalue weighted by molar-refractivity contribution is 8.08.